The maximum absolute atomic E-state index is 13.8. The molecule has 176 valence electrons. The normalized spacial score (nSPS) is 18.7. The van der Waals surface area contributed by atoms with Crippen molar-refractivity contribution in [3.05, 3.63) is 52.2 Å². The van der Waals surface area contributed by atoms with Gasteiger partial charge in [0.2, 0.25) is 5.91 Å². The van der Waals surface area contributed by atoms with Gasteiger partial charge in [-0.3, -0.25) is 4.79 Å². The second-order valence-electron chi connectivity index (χ2n) is 8.03. The van der Waals surface area contributed by atoms with E-state index in [2.05, 4.69) is 27.1 Å². The zero-order chi connectivity index (χ0) is 23.5. The number of nitrogens with one attached hydrogen (secondary N) is 1. The van der Waals surface area contributed by atoms with E-state index >= 15 is 0 Å². The molecule has 0 spiro atoms. The highest BCUT2D eigenvalue weighted by molar-refractivity contribution is 7.99. The summed E-state index contributed by atoms with van der Waals surface area (Å²) in [6.07, 6.45) is 1.34. The topological polar surface area (TPSA) is 98.7 Å². The van der Waals surface area contributed by atoms with E-state index in [9.17, 15) is 19.1 Å². The van der Waals surface area contributed by atoms with Gasteiger partial charge < -0.3 is 20.2 Å². The number of hydrogen-bond donors (Lipinski definition) is 2. The van der Waals surface area contributed by atoms with Gasteiger partial charge >= 0.3 is 6.09 Å². The number of thioether (sulfide) groups is 1. The van der Waals surface area contributed by atoms with Crippen LogP contribution in [0.5, 0.6) is 0 Å². The molecule has 2 atom stereocenters. The van der Waals surface area contributed by atoms with Crippen LogP contribution < -0.4 is 10.2 Å². The summed E-state index contributed by atoms with van der Waals surface area (Å²) in [5, 5.41) is 11.9. The largest absolute Gasteiger partial charge is 0.465 e. The lowest BCUT2D eigenvalue weighted by atomic mass is 10.0. The number of carbonyl (C=O) groups excluding carboxylic acids is 1. The summed E-state index contributed by atoms with van der Waals surface area (Å²) in [4.78, 5) is 37.3. The predicted molar refractivity (Wildman–Crippen MR) is 125 cm³/mol. The first kappa shape index (κ1) is 23.6. The van der Waals surface area contributed by atoms with E-state index in [1.807, 2.05) is 11.8 Å². The first-order chi connectivity index (χ1) is 15.9. The quantitative estimate of drug-likeness (QED) is 0.635. The van der Waals surface area contributed by atoms with Crippen molar-refractivity contribution in [3.63, 3.8) is 0 Å². The van der Waals surface area contributed by atoms with Crippen LogP contribution in [0.25, 0.3) is 0 Å². The van der Waals surface area contributed by atoms with Crippen molar-refractivity contribution < 1.29 is 19.1 Å². The molecular weight excluding hydrogens is 469 g/mol. The van der Waals surface area contributed by atoms with Crippen molar-refractivity contribution in [3.8, 4) is 0 Å². The van der Waals surface area contributed by atoms with Gasteiger partial charge in [0, 0.05) is 49.2 Å². The molecule has 0 radical (unpaired) electrons. The third-order valence-electron chi connectivity index (χ3n) is 5.97. The molecule has 1 aromatic heterocycles. The maximum atomic E-state index is 13.8. The van der Waals surface area contributed by atoms with Gasteiger partial charge in [-0.15, -0.1) is 11.8 Å². The van der Waals surface area contributed by atoms with E-state index in [0.29, 0.717) is 37.0 Å². The van der Waals surface area contributed by atoms with Gasteiger partial charge in [0.1, 0.15) is 24.0 Å². The third-order valence-corrected chi connectivity index (χ3v) is 7.69. The number of anilines is 1. The zero-order valence-electron chi connectivity index (χ0n) is 18.1. The van der Waals surface area contributed by atoms with Crippen LogP contribution >= 0.6 is 23.4 Å². The number of piperazine rings is 1. The Bertz CT molecular complexity index is 1050. The predicted octanol–water partition coefficient (Wildman–Crippen LogP) is 3.49. The van der Waals surface area contributed by atoms with Crippen molar-refractivity contribution in [2.75, 3.05) is 31.1 Å². The summed E-state index contributed by atoms with van der Waals surface area (Å²) >= 11 is 7.60. The van der Waals surface area contributed by atoms with E-state index in [-0.39, 0.29) is 17.4 Å². The Labute approximate surface area is 200 Å². The summed E-state index contributed by atoms with van der Waals surface area (Å²) < 4.78 is 13.8. The van der Waals surface area contributed by atoms with Crippen LogP contribution in [0.2, 0.25) is 5.02 Å². The molecule has 1 aromatic carbocycles. The van der Waals surface area contributed by atoms with E-state index in [4.69, 9.17) is 11.6 Å². The Kier molecular flexibility index (Phi) is 7.23. The minimum atomic E-state index is -1.30. The number of carboxylic acid groups (broad SMARTS) is 1. The number of hydrogen-bond acceptors (Lipinski definition) is 6. The Morgan fingerprint density at radius 2 is 2.06 bits per heavy atom. The average Bonchev–Trinajstić information content (AvgIpc) is 3.24. The lowest BCUT2D eigenvalue weighted by molar-refractivity contribution is -0.133. The molecule has 0 aliphatic carbocycles. The number of amides is 2. The van der Waals surface area contributed by atoms with Gasteiger partial charge in [0.25, 0.3) is 0 Å². The lowest BCUT2D eigenvalue weighted by Gasteiger charge is -2.37. The fourth-order valence-corrected chi connectivity index (χ4v) is 5.66. The minimum Gasteiger partial charge on any atom is -0.465 e. The van der Waals surface area contributed by atoms with Crippen LogP contribution in [-0.2, 0) is 17.0 Å². The van der Waals surface area contributed by atoms with Crippen molar-refractivity contribution >= 4 is 41.2 Å². The Morgan fingerprint density at radius 1 is 1.30 bits per heavy atom. The van der Waals surface area contributed by atoms with Crippen molar-refractivity contribution in [2.24, 2.45) is 0 Å². The van der Waals surface area contributed by atoms with Crippen LogP contribution in [0.1, 0.15) is 35.4 Å². The van der Waals surface area contributed by atoms with Gasteiger partial charge in [-0.1, -0.05) is 24.6 Å². The number of halogens is 2. The molecule has 2 N–H and O–H groups in total. The van der Waals surface area contributed by atoms with Crippen LogP contribution in [0.3, 0.4) is 0 Å². The van der Waals surface area contributed by atoms with E-state index in [1.54, 1.807) is 17.3 Å². The zero-order valence-corrected chi connectivity index (χ0v) is 19.7. The van der Waals surface area contributed by atoms with Crippen molar-refractivity contribution in [2.45, 2.75) is 36.8 Å². The summed E-state index contributed by atoms with van der Waals surface area (Å²) in [5.74, 6) is 0.878. The molecule has 11 heteroatoms. The van der Waals surface area contributed by atoms with Crippen molar-refractivity contribution in [1.29, 1.82) is 0 Å². The fourth-order valence-electron chi connectivity index (χ4n) is 4.31. The maximum Gasteiger partial charge on any atom is 0.405 e. The van der Waals surface area contributed by atoms with E-state index in [0.717, 1.165) is 23.7 Å². The molecular formula is C22H25ClFN5O3S. The SMILES string of the molecule is CC[C@H]1SCc2ncnc(N3CCN(C(=O)C(Cc4ccc(Cl)c(F)c4)NC(=O)O)CC3)c21. The van der Waals surface area contributed by atoms with Crippen molar-refractivity contribution in [1.82, 2.24) is 20.2 Å². The standard InChI is InChI=1S/C22H25ClFN5O3S/c1-2-18-19-17(11-33-18)25-12-26-20(19)28-5-7-29(8-6-28)21(30)16(27-22(31)32)10-13-3-4-14(23)15(24)9-13/h3-4,9,12,16,18,27H,2,5-8,10-11H2,1H3,(H,31,32)/t16?,18-/m1/s1. The Morgan fingerprint density at radius 3 is 2.73 bits per heavy atom. The number of rotatable bonds is 6. The Hall–Kier alpha value is -2.59. The molecule has 1 fully saturated rings. The third kappa shape index (κ3) is 5.16. The second kappa shape index (κ2) is 10.1. The first-order valence-electron chi connectivity index (χ1n) is 10.8. The number of carbonyl (C=O) groups is 2. The summed E-state index contributed by atoms with van der Waals surface area (Å²) in [6.45, 7) is 4.21. The summed E-state index contributed by atoms with van der Waals surface area (Å²) in [6, 6.07) is 3.20. The van der Waals surface area contributed by atoms with Crippen LogP contribution in [0, 0.1) is 5.82 Å². The fraction of sp³-hybridized carbons (Fsp3) is 0.455. The molecule has 33 heavy (non-hydrogen) atoms. The average molecular weight is 494 g/mol. The van der Waals surface area contributed by atoms with Gasteiger partial charge in [-0.2, -0.15) is 0 Å². The number of nitrogens with zero attached hydrogens (tertiary/aromatic N) is 4. The molecule has 1 unspecified atom stereocenters. The van der Waals surface area contributed by atoms with Crippen LogP contribution in [0.4, 0.5) is 15.0 Å². The van der Waals surface area contributed by atoms with E-state index in [1.165, 1.54) is 17.7 Å². The highest BCUT2D eigenvalue weighted by atomic mass is 35.5. The van der Waals surface area contributed by atoms with Gasteiger partial charge in [0.05, 0.1) is 10.7 Å². The number of aromatic nitrogens is 2. The summed E-state index contributed by atoms with van der Waals surface area (Å²) in [5.41, 5.74) is 2.76. The molecule has 8 nitrogen and oxygen atoms in total. The smallest absolute Gasteiger partial charge is 0.405 e. The second-order valence-corrected chi connectivity index (χ2v) is 9.63. The molecule has 3 heterocycles. The molecule has 4 rings (SSSR count). The molecule has 2 aliphatic heterocycles. The van der Waals surface area contributed by atoms with Gasteiger partial charge in [-0.05, 0) is 24.1 Å². The monoisotopic (exact) mass is 493 g/mol. The molecule has 2 aliphatic rings. The number of benzene rings is 1. The molecule has 2 aromatic rings. The molecule has 0 saturated carbocycles. The Balaban J connectivity index is 1.45. The summed E-state index contributed by atoms with van der Waals surface area (Å²) in [7, 11) is 0. The van der Waals surface area contributed by atoms with Gasteiger partial charge in [-0.25, -0.2) is 19.2 Å². The first-order valence-corrected chi connectivity index (χ1v) is 12.2. The van der Waals surface area contributed by atoms with Gasteiger partial charge in [0.15, 0.2) is 0 Å². The van der Waals surface area contributed by atoms with Crippen LogP contribution in [0.15, 0.2) is 24.5 Å². The van der Waals surface area contributed by atoms with Crippen LogP contribution in [-0.4, -0.2) is 64.2 Å². The highest BCUT2D eigenvalue weighted by Crippen LogP contribution is 2.46. The molecule has 1 saturated heterocycles. The lowest BCUT2D eigenvalue weighted by Crippen LogP contribution is -2.55. The molecule has 2 amide bonds. The highest BCUT2D eigenvalue weighted by Gasteiger charge is 2.33. The molecule has 0 bridgehead atoms. The number of fused-ring (bicyclic) bond motifs is 1. The van der Waals surface area contributed by atoms with E-state index < -0.39 is 18.0 Å². The minimum absolute atomic E-state index is 0.0242.